The van der Waals surface area contributed by atoms with Gasteiger partial charge in [-0.15, -0.1) is 0 Å². The predicted molar refractivity (Wildman–Crippen MR) is 113 cm³/mol. The maximum atomic E-state index is 13.3. The fraction of sp³-hybridized carbons (Fsp3) is 0.625. The second kappa shape index (κ2) is 7.77. The first-order chi connectivity index (χ1) is 14.2. The molecule has 2 saturated heterocycles. The van der Waals surface area contributed by atoms with Gasteiger partial charge in [0.15, 0.2) is 0 Å². The number of hydrogen-bond donors (Lipinski definition) is 0. The van der Waals surface area contributed by atoms with E-state index in [1.807, 2.05) is 36.2 Å². The standard InChI is InChI=1S/C24H32N2O3/c1-25(23(27)16-18-6-4-7-22-19(18)9-15-28-22)20-8-11-24(10-5-14-29-24)17-21(20)26-12-2-3-13-26/h4,6-7,9,15,20-21H,2-3,5,8,10-14,16-17H2,1H3/t20-,21-,24+/m0/s1. The maximum Gasteiger partial charge on any atom is 0.227 e. The van der Waals surface area contributed by atoms with Crippen molar-refractivity contribution in [1.82, 2.24) is 9.80 Å². The Bertz CT molecular complexity index is 864. The SMILES string of the molecule is CN(C(=O)Cc1cccc2occc12)[C@H]1CC[C@]2(CCCO2)C[C@@H]1N1CCCC1. The van der Waals surface area contributed by atoms with Crippen molar-refractivity contribution in [2.24, 2.45) is 0 Å². The molecule has 0 N–H and O–H groups in total. The zero-order valence-corrected chi connectivity index (χ0v) is 17.4. The molecule has 1 aromatic carbocycles. The van der Waals surface area contributed by atoms with Crippen molar-refractivity contribution in [3.8, 4) is 0 Å². The van der Waals surface area contributed by atoms with Gasteiger partial charge in [0.05, 0.1) is 18.3 Å². The molecule has 0 unspecified atom stereocenters. The van der Waals surface area contributed by atoms with Gasteiger partial charge in [-0.2, -0.15) is 0 Å². The van der Waals surface area contributed by atoms with Crippen LogP contribution in [0.4, 0.5) is 0 Å². The summed E-state index contributed by atoms with van der Waals surface area (Å²) in [5.41, 5.74) is 1.97. The zero-order chi connectivity index (χ0) is 19.8. The number of likely N-dealkylation sites (N-methyl/N-ethyl adjacent to an activating group) is 1. The van der Waals surface area contributed by atoms with Gasteiger partial charge in [0.25, 0.3) is 0 Å². The Balaban J connectivity index is 1.34. The largest absolute Gasteiger partial charge is 0.464 e. The highest BCUT2D eigenvalue weighted by atomic mass is 16.5. The lowest BCUT2D eigenvalue weighted by molar-refractivity contribution is -0.136. The average molecular weight is 397 g/mol. The van der Waals surface area contributed by atoms with E-state index in [0.717, 1.165) is 55.5 Å². The van der Waals surface area contributed by atoms with E-state index in [1.54, 1.807) is 6.26 Å². The molecular formula is C24H32N2O3. The van der Waals surface area contributed by atoms with Crippen molar-refractivity contribution >= 4 is 16.9 Å². The van der Waals surface area contributed by atoms with Crippen molar-refractivity contribution in [2.45, 2.75) is 69.1 Å². The van der Waals surface area contributed by atoms with Gasteiger partial charge in [-0.25, -0.2) is 0 Å². The van der Waals surface area contributed by atoms with Crippen LogP contribution >= 0.6 is 0 Å². The molecule has 0 bridgehead atoms. The van der Waals surface area contributed by atoms with Gasteiger partial charge in [0.2, 0.25) is 5.91 Å². The third-order valence-corrected chi connectivity index (χ3v) is 7.53. The molecule has 1 aromatic heterocycles. The van der Waals surface area contributed by atoms with Gasteiger partial charge in [0, 0.05) is 31.1 Å². The van der Waals surface area contributed by atoms with Crippen LogP contribution in [0.1, 0.15) is 50.5 Å². The summed E-state index contributed by atoms with van der Waals surface area (Å²) in [6, 6.07) is 8.64. The number of ether oxygens (including phenoxy) is 1. The van der Waals surface area contributed by atoms with Crippen LogP contribution in [-0.2, 0) is 16.0 Å². The quantitative estimate of drug-likeness (QED) is 0.784. The number of likely N-dealkylation sites (tertiary alicyclic amines) is 1. The molecule has 5 nitrogen and oxygen atoms in total. The molecule has 5 heteroatoms. The summed E-state index contributed by atoms with van der Waals surface area (Å²) in [7, 11) is 2.01. The average Bonchev–Trinajstić information content (AvgIpc) is 3.49. The van der Waals surface area contributed by atoms with Crippen molar-refractivity contribution < 1.29 is 13.9 Å². The number of fused-ring (bicyclic) bond motifs is 1. The van der Waals surface area contributed by atoms with Gasteiger partial charge in [0.1, 0.15) is 5.58 Å². The lowest BCUT2D eigenvalue weighted by Gasteiger charge is -2.48. The molecule has 3 fully saturated rings. The molecular weight excluding hydrogens is 364 g/mol. The minimum Gasteiger partial charge on any atom is -0.464 e. The summed E-state index contributed by atoms with van der Waals surface area (Å²) >= 11 is 0. The Hall–Kier alpha value is -1.85. The molecule has 2 aromatic rings. The van der Waals surface area contributed by atoms with Crippen molar-refractivity contribution in [2.75, 3.05) is 26.7 Å². The number of nitrogens with zero attached hydrogens (tertiary/aromatic N) is 2. The number of benzene rings is 1. The summed E-state index contributed by atoms with van der Waals surface area (Å²) in [5, 5.41) is 1.05. The van der Waals surface area contributed by atoms with Gasteiger partial charge < -0.3 is 14.1 Å². The molecule has 156 valence electrons. The molecule has 1 aliphatic carbocycles. The van der Waals surface area contributed by atoms with Crippen molar-refractivity contribution in [1.29, 1.82) is 0 Å². The van der Waals surface area contributed by atoms with Crippen LogP contribution in [0.5, 0.6) is 0 Å². The van der Waals surface area contributed by atoms with E-state index in [9.17, 15) is 4.79 Å². The van der Waals surface area contributed by atoms with Crippen LogP contribution in [-0.4, -0.2) is 60.1 Å². The second-order valence-corrected chi connectivity index (χ2v) is 9.19. The van der Waals surface area contributed by atoms with E-state index in [1.165, 1.54) is 25.7 Å². The molecule has 2 aliphatic heterocycles. The molecule has 1 spiro atoms. The van der Waals surface area contributed by atoms with Crippen LogP contribution in [0, 0.1) is 0 Å². The number of carbonyl (C=O) groups is 1. The molecule has 3 atom stereocenters. The van der Waals surface area contributed by atoms with Crippen LogP contribution in [0.15, 0.2) is 34.9 Å². The molecule has 3 aliphatic rings. The van der Waals surface area contributed by atoms with Gasteiger partial charge in [-0.3, -0.25) is 9.69 Å². The Labute approximate surface area is 173 Å². The highest BCUT2D eigenvalue weighted by Gasteiger charge is 2.47. The predicted octanol–water partition coefficient (Wildman–Crippen LogP) is 4.00. The number of carbonyl (C=O) groups excluding carboxylic acids is 1. The highest BCUT2D eigenvalue weighted by Crippen LogP contribution is 2.43. The van der Waals surface area contributed by atoms with E-state index < -0.39 is 0 Å². The minimum absolute atomic E-state index is 0.0655. The van der Waals surface area contributed by atoms with E-state index >= 15 is 0 Å². The first kappa shape index (κ1) is 19.1. The normalized spacial score (nSPS) is 30.4. The Morgan fingerprint density at radius 1 is 1.21 bits per heavy atom. The Morgan fingerprint density at radius 2 is 2.07 bits per heavy atom. The third kappa shape index (κ3) is 3.59. The van der Waals surface area contributed by atoms with Crippen molar-refractivity contribution in [3.05, 3.63) is 36.1 Å². The van der Waals surface area contributed by atoms with Gasteiger partial charge in [-0.05, 0) is 75.7 Å². The molecule has 1 saturated carbocycles. The Kier molecular flexibility index (Phi) is 5.12. The summed E-state index contributed by atoms with van der Waals surface area (Å²) in [4.78, 5) is 18.0. The summed E-state index contributed by atoms with van der Waals surface area (Å²) in [6.07, 6.45) is 10.2. The minimum atomic E-state index is 0.0655. The first-order valence-electron chi connectivity index (χ1n) is 11.2. The van der Waals surface area contributed by atoms with E-state index in [2.05, 4.69) is 4.90 Å². The van der Waals surface area contributed by atoms with E-state index in [-0.39, 0.29) is 17.6 Å². The molecule has 1 amide bonds. The Morgan fingerprint density at radius 3 is 2.86 bits per heavy atom. The molecule has 29 heavy (non-hydrogen) atoms. The lowest BCUT2D eigenvalue weighted by atomic mass is 9.76. The number of hydrogen-bond acceptors (Lipinski definition) is 4. The zero-order valence-electron chi connectivity index (χ0n) is 17.4. The monoisotopic (exact) mass is 396 g/mol. The smallest absolute Gasteiger partial charge is 0.227 e. The second-order valence-electron chi connectivity index (χ2n) is 9.19. The van der Waals surface area contributed by atoms with E-state index in [4.69, 9.17) is 9.15 Å². The molecule has 0 radical (unpaired) electrons. The number of amides is 1. The number of furan rings is 1. The van der Waals surface area contributed by atoms with E-state index in [0.29, 0.717) is 12.5 Å². The van der Waals surface area contributed by atoms with Crippen LogP contribution < -0.4 is 0 Å². The summed E-state index contributed by atoms with van der Waals surface area (Å²) in [5.74, 6) is 0.205. The van der Waals surface area contributed by atoms with Crippen molar-refractivity contribution in [3.63, 3.8) is 0 Å². The fourth-order valence-electron chi connectivity index (χ4n) is 5.92. The van der Waals surface area contributed by atoms with Gasteiger partial charge >= 0.3 is 0 Å². The number of rotatable bonds is 4. The lowest BCUT2D eigenvalue weighted by Crippen LogP contribution is -2.58. The first-order valence-corrected chi connectivity index (χ1v) is 11.2. The maximum absolute atomic E-state index is 13.3. The van der Waals surface area contributed by atoms with Crippen LogP contribution in [0.25, 0.3) is 11.0 Å². The van der Waals surface area contributed by atoms with Crippen LogP contribution in [0.2, 0.25) is 0 Å². The highest BCUT2D eigenvalue weighted by molar-refractivity contribution is 5.87. The summed E-state index contributed by atoms with van der Waals surface area (Å²) < 4.78 is 11.8. The molecule has 3 heterocycles. The topological polar surface area (TPSA) is 45.9 Å². The summed E-state index contributed by atoms with van der Waals surface area (Å²) in [6.45, 7) is 3.22. The third-order valence-electron chi connectivity index (χ3n) is 7.53. The van der Waals surface area contributed by atoms with Gasteiger partial charge in [-0.1, -0.05) is 12.1 Å². The molecule has 5 rings (SSSR count). The fourth-order valence-corrected chi connectivity index (χ4v) is 5.92. The van der Waals surface area contributed by atoms with Crippen LogP contribution in [0.3, 0.4) is 0 Å².